The Balaban J connectivity index is 0.000000179. The summed E-state index contributed by atoms with van der Waals surface area (Å²) < 4.78 is 42.7. The van der Waals surface area contributed by atoms with Gasteiger partial charge in [0.15, 0.2) is 0 Å². The highest BCUT2D eigenvalue weighted by atomic mass is 32.2. The third-order valence-electron chi connectivity index (χ3n) is 19.5. The molecule has 0 aliphatic heterocycles. The summed E-state index contributed by atoms with van der Waals surface area (Å²) in [6.07, 6.45) is 14.0. The highest BCUT2D eigenvalue weighted by Gasteiger charge is 2.32. The van der Waals surface area contributed by atoms with Crippen LogP contribution in [0.2, 0.25) is 0 Å². The van der Waals surface area contributed by atoms with Gasteiger partial charge in [0.05, 0.1) is 0 Å². The quantitative estimate of drug-likeness (QED) is 0.0284. The van der Waals surface area contributed by atoms with Gasteiger partial charge in [-0.05, 0) is 106 Å². The van der Waals surface area contributed by atoms with Crippen molar-refractivity contribution in [2.45, 2.75) is 0 Å². The van der Waals surface area contributed by atoms with Gasteiger partial charge in [0.2, 0.25) is 0 Å². The SMILES string of the molecule is CSCCN(CCP(=O)(c1ccccc1)c1ccccc1)CCP(=O)(c1ccccc1)c1ccccc1.CSCCN(CCP(c1ccccc1)c1ccccc1)CCP(c1ccccc1)c1ccccc1.CSCCNCCP(=O)(c1ccccc1)c1ccccc1.CSCCNCCP(c1ccccc1)c1ccccc1. The Hall–Kier alpha value is -6.14. The van der Waals surface area contributed by atoms with Gasteiger partial charge in [-0.25, -0.2) is 0 Å². The summed E-state index contributed by atoms with van der Waals surface area (Å²) in [4.78, 5) is 5.08. The molecule has 12 aromatic carbocycles. The van der Waals surface area contributed by atoms with Crippen LogP contribution in [0.1, 0.15) is 0 Å². The molecule has 0 fully saturated rings. The van der Waals surface area contributed by atoms with E-state index in [9.17, 15) is 13.7 Å². The maximum Gasteiger partial charge on any atom is 0.144 e. The van der Waals surface area contributed by atoms with Crippen molar-refractivity contribution >= 4 is 156 Å². The van der Waals surface area contributed by atoms with Crippen LogP contribution in [0.3, 0.4) is 0 Å². The van der Waals surface area contributed by atoms with Crippen molar-refractivity contribution < 1.29 is 13.7 Å². The molecule has 0 atom stereocenters. The largest absolute Gasteiger partial charge is 0.316 e. The van der Waals surface area contributed by atoms with Gasteiger partial charge in [0.1, 0.15) is 21.4 Å². The van der Waals surface area contributed by atoms with Gasteiger partial charge in [-0.1, -0.05) is 364 Å². The lowest BCUT2D eigenvalue weighted by Gasteiger charge is -2.28. The summed E-state index contributed by atoms with van der Waals surface area (Å²) in [6, 6.07) is 126. The van der Waals surface area contributed by atoms with Gasteiger partial charge in [-0.15, -0.1) is 0 Å². The smallest absolute Gasteiger partial charge is 0.144 e. The van der Waals surface area contributed by atoms with Gasteiger partial charge in [-0.2, -0.15) is 47.0 Å². The molecule has 0 saturated heterocycles. The predicted octanol–water partition coefficient (Wildman–Crippen LogP) is 17.6. The average Bonchev–Trinajstić information content (AvgIpc) is 0.805. The lowest BCUT2D eigenvalue weighted by molar-refractivity contribution is 0.326. The Morgan fingerprint density at radius 3 is 0.673 bits per heavy atom. The minimum absolute atomic E-state index is 0.241. The number of hydrogen-bond donors (Lipinski definition) is 2. The Labute approximate surface area is 698 Å². The van der Waals surface area contributed by atoms with E-state index in [4.69, 9.17) is 0 Å². The lowest BCUT2D eigenvalue weighted by Crippen LogP contribution is -2.35. The van der Waals surface area contributed by atoms with Crippen LogP contribution in [-0.2, 0) is 13.7 Å². The fourth-order valence-corrected chi connectivity index (χ4v) is 29.8. The highest BCUT2D eigenvalue weighted by molar-refractivity contribution is 7.99. The van der Waals surface area contributed by atoms with Gasteiger partial charge in [0.25, 0.3) is 0 Å². The molecule has 0 unspecified atom stereocenters. The van der Waals surface area contributed by atoms with E-state index in [1.165, 1.54) is 61.8 Å². The molecule has 0 spiro atoms. The monoisotopic (exact) mass is 1680 g/mol. The van der Waals surface area contributed by atoms with Crippen LogP contribution >= 0.6 is 92.2 Å². The molecule has 12 aromatic rings. The minimum atomic E-state index is -2.81. The van der Waals surface area contributed by atoms with Crippen LogP contribution in [-0.4, -0.2) is 160 Å². The fourth-order valence-electron chi connectivity index (χ4n) is 13.3. The number of hydrogen-bond acceptors (Lipinski definition) is 11. The highest BCUT2D eigenvalue weighted by Crippen LogP contribution is 2.46. The van der Waals surface area contributed by atoms with E-state index in [2.05, 4.69) is 227 Å². The molecule has 0 aliphatic carbocycles. The molecular formula is C96H114N4O3P6S4. The van der Waals surface area contributed by atoms with E-state index >= 15 is 0 Å². The first-order valence-electron chi connectivity index (χ1n) is 39.2. The Kier molecular flexibility index (Phi) is 42.2. The lowest BCUT2D eigenvalue weighted by atomic mass is 10.4. The fraction of sp³-hybridized carbons (Fsp3) is 0.250. The predicted molar refractivity (Wildman–Crippen MR) is 518 cm³/mol. The van der Waals surface area contributed by atoms with Crippen molar-refractivity contribution in [1.82, 2.24) is 20.4 Å². The van der Waals surface area contributed by atoms with Gasteiger partial charge < -0.3 is 34.1 Å². The van der Waals surface area contributed by atoms with Crippen LogP contribution < -0.4 is 74.3 Å². The maximum atomic E-state index is 14.6. The van der Waals surface area contributed by atoms with E-state index in [1.807, 2.05) is 217 Å². The minimum Gasteiger partial charge on any atom is -0.316 e. The van der Waals surface area contributed by atoms with Crippen molar-refractivity contribution in [3.63, 3.8) is 0 Å². The zero-order chi connectivity index (χ0) is 79.1. The summed E-state index contributed by atoms with van der Waals surface area (Å²) >= 11 is 7.47. The van der Waals surface area contributed by atoms with E-state index < -0.39 is 21.4 Å². The second-order valence-corrected chi connectivity index (χ2v) is 46.9. The third kappa shape index (κ3) is 30.1. The molecule has 0 aliphatic rings. The Morgan fingerprint density at radius 2 is 0.434 bits per heavy atom. The van der Waals surface area contributed by atoms with E-state index in [0.717, 1.165) is 95.7 Å². The molecule has 0 aromatic heterocycles. The van der Waals surface area contributed by atoms with Crippen molar-refractivity contribution in [2.75, 3.05) is 150 Å². The summed E-state index contributed by atoms with van der Waals surface area (Å²) in [5.74, 6) is 4.43. The molecule has 12 rings (SSSR count). The van der Waals surface area contributed by atoms with Crippen molar-refractivity contribution in [3.05, 3.63) is 364 Å². The first kappa shape index (κ1) is 90.8. The van der Waals surface area contributed by atoms with Crippen LogP contribution in [0.4, 0.5) is 0 Å². The normalized spacial score (nSPS) is 11.5. The third-order valence-corrected chi connectivity index (χ3v) is 38.7. The number of nitrogens with zero attached hydrogens (tertiary/aromatic N) is 2. The Bertz CT molecular complexity index is 4160. The molecule has 0 amide bonds. The van der Waals surface area contributed by atoms with Crippen LogP contribution in [0.5, 0.6) is 0 Å². The van der Waals surface area contributed by atoms with Gasteiger partial charge in [0, 0.05) is 132 Å². The molecule has 0 heterocycles. The number of thioether (sulfide) groups is 4. The first-order valence-corrected chi connectivity index (χ1v) is 55.0. The van der Waals surface area contributed by atoms with Crippen LogP contribution in [0.25, 0.3) is 0 Å². The molecule has 7 nitrogen and oxygen atoms in total. The molecule has 113 heavy (non-hydrogen) atoms. The zero-order valence-electron chi connectivity index (χ0n) is 66.2. The van der Waals surface area contributed by atoms with Crippen LogP contribution in [0, 0.1) is 0 Å². The van der Waals surface area contributed by atoms with E-state index in [0.29, 0.717) is 31.6 Å². The molecule has 17 heteroatoms. The zero-order valence-corrected chi connectivity index (χ0v) is 74.9. The van der Waals surface area contributed by atoms with Crippen molar-refractivity contribution in [1.29, 1.82) is 0 Å². The first-order chi connectivity index (χ1) is 55.6. The molecular weight excluding hydrogens is 1570 g/mol. The molecule has 0 radical (unpaired) electrons. The topological polar surface area (TPSA) is 81.8 Å². The number of rotatable bonds is 42. The summed E-state index contributed by atoms with van der Waals surface area (Å²) in [7, 11) is -9.11. The summed E-state index contributed by atoms with van der Waals surface area (Å²) in [6.45, 7) is 9.62. The van der Waals surface area contributed by atoms with Crippen LogP contribution in [0.15, 0.2) is 364 Å². The van der Waals surface area contributed by atoms with Crippen molar-refractivity contribution in [3.8, 4) is 0 Å². The van der Waals surface area contributed by atoms with Crippen molar-refractivity contribution in [2.24, 2.45) is 0 Å². The Morgan fingerprint density at radius 1 is 0.230 bits per heavy atom. The van der Waals surface area contributed by atoms with E-state index in [-0.39, 0.29) is 23.8 Å². The second kappa shape index (κ2) is 52.5. The molecule has 0 saturated carbocycles. The maximum absolute atomic E-state index is 14.6. The standard InChI is InChI=1S/C31H35NO2P2S.C31H35NP2S.C17H22NOPS.C17H22NPS/c1-37-27-24-32(22-25-35(33,28-14-6-2-7-15-28)29-16-8-3-9-17-29)23-26-36(34,30-18-10-4-11-19-30)31-20-12-5-13-21-31;1-35-27-24-32(22-25-33(28-14-6-2-7-15-28)29-16-8-3-9-17-29)23-26-34(30-18-10-4-11-19-30)31-20-12-5-13-21-31;1-21-15-13-18-12-14-20(19,16-8-4-2-5-9-16)17-10-6-3-7-11-17;1-20-15-13-18-12-14-19(16-8-4-2-5-9-16)17-10-6-3-7-11-17/h2-21H,22-27H2,1H3;2-21H,22-27H2,1H3;2-11,18H,12-15H2,1H3;2-11,18H,12-15H2,1H3. The summed E-state index contributed by atoms with van der Waals surface area (Å²) in [5, 5.41) is 21.3. The summed E-state index contributed by atoms with van der Waals surface area (Å²) in [5.41, 5.74) is 0. The van der Waals surface area contributed by atoms with E-state index in [1.54, 1.807) is 11.8 Å². The molecule has 2 N–H and O–H groups in total. The molecule has 590 valence electrons. The van der Waals surface area contributed by atoms with Gasteiger partial charge in [-0.3, -0.25) is 0 Å². The average molecular weight is 1690 g/mol. The van der Waals surface area contributed by atoms with Gasteiger partial charge >= 0.3 is 0 Å². The number of benzene rings is 12. The second-order valence-electron chi connectivity index (χ2n) is 27.0. The number of nitrogens with one attached hydrogen (secondary N) is 2. The molecule has 0 bridgehead atoms.